The number of aromatic amines is 1. The highest BCUT2D eigenvalue weighted by Gasteiger charge is 2.22. The fraction of sp³-hybridized carbons (Fsp3) is 0.278. The number of hydrogen-bond acceptors (Lipinski definition) is 5. The van der Waals surface area contributed by atoms with Crippen LogP contribution in [0.25, 0.3) is 0 Å². The third kappa shape index (κ3) is 4.95. The first-order valence-electron chi connectivity index (χ1n) is 7.98. The summed E-state index contributed by atoms with van der Waals surface area (Å²) in [5, 5.41) is 11.1. The number of imidazole rings is 1. The predicted octanol–water partition coefficient (Wildman–Crippen LogP) is 1.19. The Morgan fingerprint density at radius 2 is 1.89 bits per heavy atom. The molecule has 1 unspecified atom stereocenters. The lowest BCUT2D eigenvalue weighted by atomic mass is 10.2. The highest BCUT2D eigenvalue weighted by atomic mass is 32.2. The average molecular weight is 389 g/mol. The zero-order valence-corrected chi connectivity index (χ0v) is 15.8. The third-order valence-electron chi connectivity index (χ3n) is 3.64. The Kier molecular flexibility index (Phi) is 6.02. The van der Waals surface area contributed by atoms with E-state index in [0.717, 1.165) is 5.56 Å². The van der Waals surface area contributed by atoms with Gasteiger partial charge in [-0.25, -0.2) is 18.2 Å². The van der Waals surface area contributed by atoms with Crippen LogP contribution in [-0.2, 0) is 19.4 Å². The number of benzene rings is 1. The summed E-state index contributed by atoms with van der Waals surface area (Å²) in [6.07, 6.45) is -0.138. The van der Waals surface area contributed by atoms with E-state index in [-0.39, 0.29) is 22.2 Å². The molecule has 0 saturated heterocycles. The number of aryl methyl sites for hydroxylation is 2. The van der Waals surface area contributed by atoms with Crippen LogP contribution in [0.15, 0.2) is 34.3 Å². The molecule has 142 valence electrons. The van der Waals surface area contributed by atoms with Gasteiger partial charge >= 0.3 is 5.97 Å². The lowest BCUT2D eigenvalue weighted by Crippen LogP contribution is -2.39. The molecule has 2 rings (SSSR count). The molecule has 0 aliphatic heterocycles. The quantitative estimate of drug-likeness (QED) is 0.659. The molecule has 0 aliphatic rings. The van der Waals surface area contributed by atoms with Gasteiger partial charge in [-0.2, -0.15) is 0 Å². The highest BCUT2D eigenvalue weighted by Crippen LogP contribution is 2.19. The number of nitrogens with one attached hydrogen (secondary N) is 2. The molecule has 3 N–H and O–H groups in total. The Hall–Kier alpha value is -3.12. The van der Waals surface area contributed by atoms with E-state index in [1.54, 1.807) is 19.1 Å². The van der Waals surface area contributed by atoms with E-state index in [2.05, 4.69) is 27.1 Å². The van der Waals surface area contributed by atoms with Crippen molar-refractivity contribution in [2.24, 2.45) is 0 Å². The van der Waals surface area contributed by atoms with Crippen molar-refractivity contribution >= 4 is 21.7 Å². The summed E-state index contributed by atoms with van der Waals surface area (Å²) in [5.41, 5.74) is 1.58. The molecule has 1 heterocycles. The lowest BCUT2D eigenvalue weighted by Gasteiger charge is -2.08. The summed E-state index contributed by atoms with van der Waals surface area (Å²) in [4.78, 5) is 28.9. The molecule has 1 atom stereocenters. The maximum Gasteiger partial charge on any atom is 0.327 e. The number of nitrogens with zero attached hydrogens (tertiary/aromatic N) is 1. The molecule has 1 aromatic carbocycles. The van der Waals surface area contributed by atoms with E-state index < -0.39 is 27.8 Å². The minimum absolute atomic E-state index is 0.109. The van der Waals surface area contributed by atoms with Crippen molar-refractivity contribution in [1.29, 1.82) is 0 Å². The van der Waals surface area contributed by atoms with Gasteiger partial charge in [0.25, 0.3) is 0 Å². The molecule has 0 bridgehead atoms. The topological polar surface area (TPSA) is 129 Å². The van der Waals surface area contributed by atoms with E-state index in [4.69, 9.17) is 5.11 Å². The molecular weight excluding hydrogens is 370 g/mol. The smallest absolute Gasteiger partial charge is 0.327 e. The van der Waals surface area contributed by atoms with E-state index in [9.17, 15) is 18.0 Å². The Bertz CT molecular complexity index is 1030. The molecule has 0 spiro atoms. The van der Waals surface area contributed by atoms with Crippen LogP contribution in [0.1, 0.15) is 30.3 Å². The summed E-state index contributed by atoms with van der Waals surface area (Å²) in [6, 6.07) is 5.23. The summed E-state index contributed by atoms with van der Waals surface area (Å²) in [7, 11) is -3.81. The average Bonchev–Trinajstić information content (AvgIpc) is 2.95. The Labute approximate surface area is 156 Å². The van der Waals surface area contributed by atoms with Crippen LogP contribution in [0.2, 0.25) is 0 Å². The number of H-pyrrole nitrogens is 1. The van der Waals surface area contributed by atoms with Crippen molar-refractivity contribution in [3.8, 4) is 11.8 Å². The van der Waals surface area contributed by atoms with E-state index in [1.807, 2.05) is 6.92 Å². The number of carbonyl (C=O) groups excluding carboxylic acids is 1. The van der Waals surface area contributed by atoms with Crippen molar-refractivity contribution in [2.75, 3.05) is 0 Å². The maximum atomic E-state index is 12.6. The molecule has 1 aromatic heterocycles. The van der Waals surface area contributed by atoms with Gasteiger partial charge in [-0.05, 0) is 31.9 Å². The fourth-order valence-corrected chi connectivity index (χ4v) is 3.41. The molecule has 0 saturated carbocycles. The first-order valence-corrected chi connectivity index (χ1v) is 9.46. The summed E-state index contributed by atoms with van der Waals surface area (Å²) in [5.74, 6) is 3.58. The molecule has 0 fully saturated rings. The van der Waals surface area contributed by atoms with Gasteiger partial charge < -0.3 is 15.4 Å². The van der Waals surface area contributed by atoms with Crippen molar-refractivity contribution in [2.45, 2.75) is 43.3 Å². The van der Waals surface area contributed by atoms with Crippen LogP contribution >= 0.6 is 0 Å². The summed E-state index contributed by atoms with van der Waals surface area (Å²) in [6.45, 7) is 4.68. The van der Waals surface area contributed by atoms with Crippen molar-refractivity contribution in [3.63, 3.8) is 0 Å². The molecule has 1 amide bonds. The molecule has 2 aromatic rings. The van der Waals surface area contributed by atoms with Crippen molar-refractivity contribution in [1.82, 2.24) is 15.3 Å². The van der Waals surface area contributed by atoms with Gasteiger partial charge in [0.2, 0.25) is 20.9 Å². The van der Waals surface area contributed by atoms with Gasteiger partial charge in [0.15, 0.2) is 0 Å². The number of hydrogen-bond donors (Lipinski definition) is 3. The Balaban J connectivity index is 2.25. The summed E-state index contributed by atoms with van der Waals surface area (Å²) < 4.78 is 25.3. The SMILES string of the molecule is CC(=O)NC(CC#Cc1nc(S(=O)(=O)c2ccc(C)cc2)[nH]c1C)C(=O)O. The third-order valence-corrected chi connectivity index (χ3v) is 5.23. The first kappa shape index (κ1) is 20.2. The van der Waals surface area contributed by atoms with Crippen molar-refractivity contribution in [3.05, 3.63) is 41.2 Å². The van der Waals surface area contributed by atoms with Crippen LogP contribution in [0.5, 0.6) is 0 Å². The van der Waals surface area contributed by atoms with E-state index in [0.29, 0.717) is 5.69 Å². The second kappa shape index (κ2) is 8.05. The standard InChI is InChI=1S/C18H19N3O5S/c1-11-7-9-14(10-8-11)27(25,26)18-19-12(2)15(21-18)5-4-6-16(17(23)24)20-13(3)22/h7-10,16H,6H2,1-3H3,(H,19,21)(H,20,22)(H,23,24). The molecular formula is C18H19N3O5S. The minimum Gasteiger partial charge on any atom is -0.480 e. The number of aromatic nitrogens is 2. The lowest BCUT2D eigenvalue weighted by molar-refractivity contribution is -0.141. The zero-order chi connectivity index (χ0) is 20.2. The second-order valence-electron chi connectivity index (χ2n) is 5.93. The maximum absolute atomic E-state index is 12.6. The zero-order valence-electron chi connectivity index (χ0n) is 15.0. The highest BCUT2D eigenvalue weighted by molar-refractivity contribution is 7.91. The number of carboxylic acids is 1. The van der Waals surface area contributed by atoms with Gasteiger partial charge in [-0.3, -0.25) is 4.79 Å². The monoisotopic (exact) mass is 389 g/mol. The van der Waals surface area contributed by atoms with Crippen molar-refractivity contribution < 1.29 is 23.1 Å². The first-order chi connectivity index (χ1) is 12.6. The number of amides is 1. The second-order valence-corrected chi connectivity index (χ2v) is 7.79. The number of sulfone groups is 1. The molecule has 0 aliphatic carbocycles. The van der Waals surface area contributed by atoms with Crippen LogP contribution in [-0.4, -0.2) is 41.4 Å². The normalized spacial score (nSPS) is 12.0. The summed E-state index contributed by atoms with van der Waals surface area (Å²) >= 11 is 0. The van der Waals surface area contributed by atoms with Gasteiger partial charge in [0.1, 0.15) is 11.7 Å². The van der Waals surface area contributed by atoms with E-state index in [1.165, 1.54) is 19.1 Å². The molecule has 8 nitrogen and oxygen atoms in total. The molecule has 0 radical (unpaired) electrons. The van der Waals surface area contributed by atoms with Gasteiger partial charge in [-0.1, -0.05) is 23.6 Å². The van der Waals surface area contributed by atoms with E-state index >= 15 is 0 Å². The van der Waals surface area contributed by atoms with Gasteiger partial charge in [0.05, 0.1) is 4.90 Å². The Morgan fingerprint density at radius 3 is 2.44 bits per heavy atom. The van der Waals surface area contributed by atoms with Gasteiger partial charge in [0, 0.05) is 19.0 Å². The Morgan fingerprint density at radius 1 is 1.26 bits per heavy atom. The number of carboxylic acid groups (broad SMARTS) is 1. The van der Waals surface area contributed by atoms with Crippen LogP contribution < -0.4 is 5.32 Å². The van der Waals surface area contributed by atoms with Crippen LogP contribution in [0, 0.1) is 25.7 Å². The predicted molar refractivity (Wildman–Crippen MR) is 96.7 cm³/mol. The minimum atomic E-state index is -3.81. The molecule has 9 heteroatoms. The van der Waals surface area contributed by atoms with Crippen LogP contribution in [0.4, 0.5) is 0 Å². The fourth-order valence-electron chi connectivity index (χ4n) is 2.19. The largest absolute Gasteiger partial charge is 0.480 e. The molecule has 27 heavy (non-hydrogen) atoms. The number of rotatable bonds is 5. The van der Waals surface area contributed by atoms with Gasteiger partial charge in [-0.15, -0.1) is 0 Å². The van der Waals surface area contributed by atoms with Crippen LogP contribution in [0.3, 0.4) is 0 Å². The number of carbonyl (C=O) groups is 2. The number of aliphatic carboxylic acids is 1.